The summed E-state index contributed by atoms with van der Waals surface area (Å²) in [7, 11) is 0. The Morgan fingerprint density at radius 1 is 1.29 bits per heavy atom. The number of hydrogen-bond acceptors (Lipinski definition) is 3. The van der Waals surface area contributed by atoms with E-state index in [0.29, 0.717) is 11.4 Å². The third-order valence-corrected chi connectivity index (χ3v) is 4.80. The topological polar surface area (TPSA) is 58.6 Å². The highest BCUT2D eigenvalue weighted by atomic mass is 16.5. The molecule has 5 nitrogen and oxygen atoms in total. The highest BCUT2D eigenvalue weighted by Crippen LogP contribution is 2.38. The minimum atomic E-state index is -0.965. The van der Waals surface area contributed by atoms with Crippen molar-refractivity contribution in [2.45, 2.75) is 64.5 Å². The molecule has 1 aliphatic heterocycles. The normalized spacial score (nSPS) is 20.3. The maximum Gasteiger partial charge on any atom is 0.271 e. The lowest BCUT2D eigenvalue weighted by Crippen LogP contribution is -2.55. The van der Waals surface area contributed by atoms with Gasteiger partial charge in [-0.25, -0.2) is 0 Å². The second-order valence-corrected chi connectivity index (χ2v) is 7.38. The summed E-state index contributed by atoms with van der Waals surface area (Å²) in [6.07, 6.45) is 5.64. The van der Waals surface area contributed by atoms with E-state index < -0.39 is 5.60 Å². The molecule has 0 atom stereocenters. The third kappa shape index (κ3) is 3.40. The highest BCUT2D eigenvalue weighted by molar-refractivity contribution is 6.05. The third-order valence-electron chi connectivity index (χ3n) is 4.80. The first-order chi connectivity index (χ1) is 11.4. The Morgan fingerprint density at radius 3 is 2.71 bits per heavy atom. The van der Waals surface area contributed by atoms with Crippen molar-refractivity contribution in [3.63, 3.8) is 0 Å². The summed E-state index contributed by atoms with van der Waals surface area (Å²) in [6, 6.07) is 5.96. The molecule has 1 aliphatic carbocycles. The van der Waals surface area contributed by atoms with Crippen molar-refractivity contribution in [2.24, 2.45) is 0 Å². The average molecular weight is 330 g/mol. The van der Waals surface area contributed by atoms with Crippen molar-refractivity contribution in [3.05, 3.63) is 23.8 Å². The molecular formula is C19H26N2O3. The number of ether oxygens (including phenoxy) is 1. The standard InChI is InChI=1S/C19H26N2O3/c1-13-9-10-16-15(11-13)21(18(23)19(2,3)24-16)12-17(22)20-14-7-5-4-6-8-14/h9-11,14H,4-8,12H2,1-3H3,(H,20,22). The quantitative estimate of drug-likeness (QED) is 0.927. The molecular weight excluding hydrogens is 304 g/mol. The fourth-order valence-electron chi connectivity index (χ4n) is 3.50. The fourth-order valence-corrected chi connectivity index (χ4v) is 3.50. The summed E-state index contributed by atoms with van der Waals surface area (Å²) in [5, 5.41) is 3.09. The van der Waals surface area contributed by atoms with Gasteiger partial charge in [-0.1, -0.05) is 25.3 Å². The molecule has 0 saturated heterocycles. The van der Waals surface area contributed by atoms with E-state index in [-0.39, 0.29) is 24.4 Å². The number of nitrogens with zero attached hydrogens (tertiary/aromatic N) is 1. The van der Waals surface area contributed by atoms with E-state index in [4.69, 9.17) is 4.74 Å². The van der Waals surface area contributed by atoms with Gasteiger partial charge in [0.15, 0.2) is 5.60 Å². The first-order valence-corrected chi connectivity index (χ1v) is 8.78. The van der Waals surface area contributed by atoms with E-state index in [1.807, 2.05) is 25.1 Å². The van der Waals surface area contributed by atoms with Gasteiger partial charge in [-0.15, -0.1) is 0 Å². The molecule has 1 aromatic carbocycles. The number of carbonyl (C=O) groups excluding carboxylic acids is 2. The lowest BCUT2D eigenvalue weighted by atomic mass is 9.95. The van der Waals surface area contributed by atoms with Crippen LogP contribution < -0.4 is 15.0 Å². The number of amides is 2. The van der Waals surface area contributed by atoms with Crippen molar-refractivity contribution in [3.8, 4) is 5.75 Å². The van der Waals surface area contributed by atoms with Gasteiger partial charge in [0, 0.05) is 6.04 Å². The zero-order valence-corrected chi connectivity index (χ0v) is 14.7. The van der Waals surface area contributed by atoms with Gasteiger partial charge in [-0.3, -0.25) is 14.5 Å². The number of rotatable bonds is 3. The molecule has 0 unspecified atom stereocenters. The molecule has 5 heteroatoms. The van der Waals surface area contributed by atoms with Crippen LogP contribution >= 0.6 is 0 Å². The molecule has 24 heavy (non-hydrogen) atoms. The van der Waals surface area contributed by atoms with Crippen LogP contribution in [-0.4, -0.2) is 30.0 Å². The van der Waals surface area contributed by atoms with Crippen LogP contribution in [-0.2, 0) is 9.59 Å². The summed E-state index contributed by atoms with van der Waals surface area (Å²) in [4.78, 5) is 26.8. The van der Waals surface area contributed by atoms with Crippen LogP contribution in [0.2, 0.25) is 0 Å². The van der Waals surface area contributed by atoms with Crippen LogP contribution in [0.4, 0.5) is 5.69 Å². The van der Waals surface area contributed by atoms with Gasteiger partial charge in [0.1, 0.15) is 12.3 Å². The number of hydrogen-bond donors (Lipinski definition) is 1. The highest BCUT2D eigenvalue weighted by Gasteiger charge is 2.41. The maximum atomic E-state index is 12.8. The van der Waals surface area contributed by atoms with Gasteiger partial charge in [-0.05, 0) is 51.3 Å². The average Bonchev–Trinajstić information content (AvgIpc) is 2.53. The minimum absolute atomic E-state index is 0.0403. The smallest absolute Gasteiger partial charge is 0.271 e. The molecule has 1 N–H and O–H groups in total. The Bertz CT molecular complexity index is 648. The number of aryl methyl sites for hydroxylation is 1. The Labute approximate surface area is 143 Å². The number of anilines is 1. The van der Waals surface area contributed by atoms with Crippen molar-refractivity contribution in [1.29, 1.82) is 0 Å². The predicted octanol–water partition coefficient (Wildman–Crippen LogP) is 2.95. The van der Waals surface area contributed by atoms with Crippen molar-refractivity contribution >= 4 is 17.5 Å². The van der Waals surface area contributed by atoms with Gasteiger partial charge < -0.3 is 10.1 Å². The van der Waals surface area contributed by atoms with Crippen LogP contribution in [0, 0.1) is 6.92 Å². The maximum absolute atomic E-state index is 12.8. The van der Waals surface area contributed by atoms with E-state index in [0.717, 1.165) is 31.2 Å². The minimum Gasteiger partial charge on any atom is -0.476 e. The van der Waals surface area contributed by atoms with Gasteiger partial charge >= 0.3 is 0 Å². The summed E-state index contributed by atoms with van der Waals surface area (Å²) in [5.41, 5.74) is 0.744. The lowest BCUT2D eigenvalue weighted by Gasteiger charge is -2.38. The molecule has 1 heterocycles. The Kier molecular flexibility index (Phi) is 4.52. The van der Waals surface area contributed by atoms with Gasteiger partial charge in [0.05, 0.1) is 5.69 Å². The van der Waals surface area contributed by atoms with Gasteiger partial charge in [0.2, 0.25) is 5.91 Å². The number of fused-ring (bicyclic) bond motifs is 1. The zero-order chi connectivity index (χ0) is 17.3. The van der Waals surface area contributed by atoms with Crippen LogP contribution in [0.15, 0.2) is 18.2 Å². The van der Waals surface area contributed by atoms with Gasteiger partial charge in [-0.2, -0.15) is 0 Å². The first kappa shape index (κ1) is 16.8. The van der Waals surface area contributed by atoms with Crippen molar-refractivity contribution in [1.82, 2.24) is 5.32 Å². The molecule has 130 valence electrons. The van der Waals surface area contributed by atoms with E-state index in [2.05, 4.69) is 5.32 Å². The fraction of sp³-hybridized carbons (Fsp3) is 0.579. The lowest BCUT2D eigenvalue weighted by molar-refractivity contribution is -0.134. The monoisotopic (exact) mass is 330 g/mol. The molecule has 0 bridgehead atoms. The second kappa shape index (κ2) is 6.46. The van der Waals surface area contributed by atoms with E-state index in [9.17, 15) is 9.59 Å². The van der Waals surface area contributed by atoms with Crippen molar-refractivity contribution in [2.75, 3.05) is 11.4 Å². The largest absolute Gasteiger partial charge is 0.476 e. The van der Waals surface area contributed by atoms with Crippen LogP contribution in [0.25, 0.3) is 0 Å². The molecule has 3 rings (SSSR count). The summed E-state index contributed by atoms with van der Waals surface area (Å²) in [6.45, 7) is 5.48. The molecule has 2 amide bonds. The second-order valence-electron chi connectivity index (χ2n) is 7.38. The Balaban J connectivity index is 1.79. The van der Waals surface area contributed by atoms with Crippen LogP contribution in [0.1, 0.15) is 51.5 Å². The van der Waals surface area contributed by atoms with Crippen molar-refractivity contribution < 1.29 is 14.3 Å². The summed E-state index contributed by atoms with van der Waals surface area (Å²) < 4.78 is 5.83. The SMILES string of the molecule is Cc1ccc2c(c1)N(CC(=O)NC1CCCCC1)C(=O)C(C)(C)O2. The van der Waals surface area contributed by atoms with Gasteiger partial charge in [0.25, 0.3) is 5.91 Å². The van der Waals surface area contributed by atoms with Crippen LogP contribution in [0.5, 0.6) is 5.75 Å². The Morgan fingerprint density at radius 2 is 2.00 bits per heavy atom. The molecule has 1 aromatic rings. The summed E-state index contributed by atoms with van der Waals surface area (Å²) in [5.74, 6) is 0.371. The number of carbonyl (C=O) groups is 2. The molecule has 1 fully saturated rings. The molecule has 0 spiro atoms. The molecule has 0 aromatic heterocycles. The Hall–Kier alpha value is -2.04. The first-order valence-electron chi connectivity index (χ1n) is 8.78. The zero-order valence-electron chi connectivity index (χ0n) is 14.7. The van der Waals surface area contributed by atoms with Crippen LogP contribution in [0.3, 0.4) is 0 Å². The number of benzene rings is 1. The molecule has 0 radical (unpaired) electrons. The molecule has 1 saturated carbocycles. The van der Waals surface area contributed by atoms with E-state index >= 15 is 0 Å². The van der Waals surface area contributed by atoms with E-state index in [1.165, 1.54) is 6.42 Å². The van der Waals surface area contributed by atoms with E-state index in [1.54, 1.807) is 18.7 Å². The molecule has 2 aliphatic rings. The summed E-state index contributed by atoms with van der Waals surface area (Å²) >= 11 is 0. The predicted molar refractivity (Wildman–Crippen MR) is 93.3 cm³/mol. The number of nitrogens with one attached hydrogen (secondary N) is 1.